The lowest BCUT2D eigenvalue weighted by Gasteiger charge is -2.42. The minimum atomic E-state index is -0.567. The second kappa shape index (κ2) is 5.64. The zero-order valence-corrected chi connectivity index (χ0v) is 13.0. The monoisotopic (exact) mass is 312 g/mol. The summed E-state index contributed by atoms with van der Waals surface area (Å²) in [6.45, 7) is 5.93. The topological polar surface area (TPSA) is 49.4 Å². The van der Waals surface area contributed by atoms with Gasteiger partial charge in [-0.1, -0.05) is 38.4 Å². The number of nitrogens with zero attached hydrogens (tertiary/aromatic N) is 1. The molecule has 114 valence electrons. The number of nitrogens with one attached hydrogen (secondary N) is 1. The number of benzene rings is 1. The summed E-state index contributed by atoms with van der Waals surface area (Å²) in [4.78, 5) is 25.8. The second-order valence-corrected chi connectivity index (χ2v) is 6.66. The zero-order valence-electron chi connectivity index (χ0n) is 12.2. The second-order valence-electron chi connectivity index (χ2n) is 6.26. The molecule has 0 saturated carbocycles. The fourth-order valence-electron chi connectivity index (χ4n) is 2.52. The summed E-state index contributed by atoms with van der Waals surface area (Å²) in [6.07, 6.45) is 0. The first kappa shape index (κ1) is 15.8. The normalized spacial score (nSPS) is 19.7. The lowest BCUT2D eigenvalue weighted by Crippen LogP contribution is -2.62. The number of piperazine rings is 1. The van der Waals surface area contributed by atoms with Gasteiger partial charge >= 0.3 is 0 Å². The van der Waals surface area contributed by atoms with Crippen molar-refractivity contribution < 1.29 is 14.0 Å². The molecule has 0 radical (unpaired) electrons. The van der Waals surface area contributed by atoms with E-state index in [0.717, 1.165) is 0 Å². The molecule has 0 aromatic heterocycles. The third-order valence-electron chi connectivity index (χ3n) is 3.45. The maximum atomic E-state index is 13.2. The predicted octanol–water partition coefficient (Wildman–Crippen LogP) is 2.35. The van der Waals surface area contributed by atoms with E-state index in [1.165, 1.54) is 17.0 Å². The summed E-state index contributed by atoms with van der Waals surface area (Å²) in [5.74, 6) is -0.833. The molecule has 1 atom stereocenters. The molecular formula is C15H18ClFN2O2. The van der Waals surface area contributed by atoms with Crippen LogP contribution in [0.5, 0.6) is 0 Å². The van der Waals surface area contributed by atoms with Crippen molar-refractivity contribution in [3.05, 3.63) is 34.6 Å². The minimum Gasteiger partial charge on any atom is -0.345 e. The van der Waals surface area contributed by atoms with Gasteiger partial charge in [-0.25, -0.2) is 4.39 Å². The molecule has 4 nitrogen and oxygen atoms in total. The Hall–Kier alpha value is -1.62. The van der Waals surface area contributed by atoms with Crippen molar-refractivity contribution in [1.82, 2.24) is 10.2 Å². The Morgan fingerprint density at radius 3 is 2.62 bits per heavy atom. The third kappa shape index (κ3) is 3.35. The first-order valence-corrected chi connectivity index (χ1v) is 7.09. The fraction of sp³-hybridized carbons (Fsp3) is 0.467. The van der Waals surface area contributed by atoms with Crippen LogP contribution in [0.2, 0.25) is 5.02 Å². The van der Waals surface area contributed by atoms with Crippen molar-refractivity contribution in [2.75, 3.05) is 6.54 Å². The Morgan fingerprint density at radius 1 is 1.38 bits per heavy atom. The number of hydrogen-bond donors (Lipinski definition) is 1. The molecule has 1 aromatic rings. The van der Waals surface area contributed by atoms with E-state index in [2.05, 4.69) is 5.32 Å². The van der Waals surface area contributed by atoms with Crippen LogP contribution in [0.15, 0.2) is 18.2 Å². The van der Waals surface area contributed by atoms with Gasteiger partial charge in [0.15, 0.2) is 0 Å². The van der Waals surface area contributed by atoms with Gasteiger partial charge in [0, 0.05) is 6.54 Å². The summed E-state index contributed by atoms with van der Waals surface area (Å²) in [5.41, 5.74) is 0.294. The van der Waals surface area contributed by atoms with Crippen LogP contribution in [-0.4, -0.2) is 29.3 Å². The van der Waals surface area contributed by atoms with Crippen molar-refractivity contribution in [2.45, 2.75) is 33.4 Å². The number of hydrogen-bond acceptors (Lipinski definition) is 2. The van der Waals surface area contributed by atoms with Gasteiger partial charge in [0.25, 0.3) is 0 Å². The Bertz CT molecular complexity index is 584. The van der Waals surface area contributed by atoms with Crippen LogP contribution in [0.3, 0.4) is 0 Å². The van der Waals surface area contributed by atoms with Crippen LogP contribution in [0.1, 0.15) is 26.3 Å². The van der Waals surface area contributed by atoms with Crippen LogP contribution < -0.4 is 5.32 Å². The van der Waals surface area contributed by atoms with Crippen LogP contribution in [0.25, 0.3) is 0 Å². The van der Waals surface area contributed by atoms with Crippen molar-refractivity contribution in [3.63, 3.8) is 0 Å². The van der Waals surface area contributed by atoms with Gasteiger partial charge in [0.1, 0.15) is 11.9 Å². The average Bonchev–Trinajstić information content (AvgIpc) is 2.37. The molecule has 21 heavy (non-hydrogen) atoms. The van der Waals surface area contributed by atoms with E-state index in [-0.39, 0.29) is 29.9 Å². The first-order valence-electron chi connectivity index (χ1n) is 6.71. The molecule has 1 aliphatic rings. The molecule has 1 unspecified atom stereocenters. The maximum absolute atomic E-state index is 13.2. The van der Waals surface area contributed by atoms with Crippen molar-refractivity contribution >= 4 is 23.4 Å². The molecule has 0 bridgehead atoms. The van der Waals surface area contributed by atoms with Gasteiger partial charge in [-0.15, -0.1) is 0 Å². The van der Waals surface area contributed by atoms with Crippen LogP contribution in [-0.2, 0) is 16.1 Å². The van der Waals surface area contributed by atoms with Crippen molar-refractivity contribution in [3.8, 4) is 0 Å². The molecule has 1 saturated heterocycles. The van der Waals surface area contributed by atoms with E-state index in [1.54, 1.807) is 6.07 Å². The Labute approximate surface area is 128 Å². The lowest BCUT2D eigenvalue weighted by atomic mass is 9.83. The number of amides is 2. The highest BCUT2D eigenvalue weighted by molar-refractivity contribution is 6.30. The Morgan fingerprint density at radius 2 is 2.05 bits per heavy atom. The quantitative estimate of drug-likeness (QED) is 0.911. The number of rotatable bonds is 2. The highest BCUT2D eigenvalue weighted by Crippen LogP contribution is 2.28. The Balaban J connectivity index is 2.31. The summed E-state index contributed by atoms with van der Waals surface area (Å²) in [6, 6.07) is 3.75. The zero-order chi connectivity index (χ0) is 15.8. The number of carbonyl (C=O) groups is 2. The standard InChI is InChI=1S/C15H18ClFN2O2/c1-15(2,3)13-14(21)18-7-12(20)19(13)8-9-4-5-11(17)10(16)6-9/h4-6,13H,7-8H2,1-3H3,(H,18,21). The first-order chi connectivity index (χ1) is 9.70. The molecular weight excluding hydrogens is 295 g/mol. The third-order valence-corrected chi connectivity index (χ3v) is 3.74. The van der Waals surface area contributed by atoms with Crippen molar-refractivity contribution in [2.24, 2.45) is 5.41 Å². The fourth-order valence-corrected chi connectivity index (χ4v) is 2.72. The van der Waals surface area contributed by atoms with Crippen LogP contribution in [0.4, 0.5) is 4.39 Å². The number of carbonyl (C=O) groups excluding carboxylic acids is 2. The smallest absolute Gasteiger partial charge is 0.243 e. The van der Waals surface area contributed by atoms with Crippen LogP contribution >= 0.6 is 11.6 Å². The molecule has 6 heteroatoms. The van der Waals surface area contributed by atoms with Gasteiger partial charge in [-0.3, -0.25) is 9.59 Å². The van der Waals surface area contributed by atoms with E-state index in [9.17, 15) is 14.0 Å². The highest BCUT2D eigenvalue weighted by atomic mass is 35.5. The Kier molecular flexibility index (Phi) is 4.23. The largest absolute Gasteiger partial charge is 0.345 e. The van der Waals surface area contributed by atoms with Gasteiger partial charge in [-0.2, -0.15) is 0 Å². The van der Waals surface area contributed by atoms with E-state index in [4.69, 9.17) is 11.6 Å². The van der Waals surface area contributed by atoms with E-state index in [1.807, 2.05) is 20.8 Å². The summed E-state index contributed by atoms with van der Waals surface area (Å²) < 4.78 is 13.2. The van der Waals surface area contributed by atoms with Gasteiger partial charge in [0.05, 0.1) is 11.6 Å². The van der Waals surface area contributed by atoms with Gasteiger partial charge < -0.3 is 10.2 Å². The molecule has 2 rings (SSSR count). The molecule has 2 amide bonds. The van der Waals surface area contributed by atoms with Crippen molar-refractivity contribution in [1.29, 1.82) is 0 Å². The van der Waals surface area contributed by atoms with E-state index < -0.39 is 17.3 Å². The van der Waals surface area contributed by atoms with Crippen LogP contribution in [0, 0.1) is 11.2 Å². The molecule has 1 N–H and O–H groups in total. The molecule has 1 fully saturated rings. The SMILES string of the molecule is CC(C)(C)C1C(=O)NCC(=O)N1Cc1ccc(F)c(Cl)c1. The van der Waals surface area contributed by atoms with Gasteiger partial charge in [-0.05, 0) is 23.1 Å². The lowest BCUT2D eigenvalue weighted by molar-refractivity contribution is -0.150. The van der Waals surface area contributed by atoms with E-state index in [0.29, 0.717) is 5.56 Å². The predicted molar refractivity (Wildman–Crippen MR) is 78.2 cm³/mol. The molecule has 0 aliphatic carbocycles. The summed E-state index contributed by atoms with van der Waals surface area (Å²) in [7, 11) is 0. The summed E-state index contributed by atoms with van der Waals surface area (Å²) in [5, 5.41) is 2.62. The molecule has 1 aromatic carbocycles. The molecule has 1 aliphatic heterocycles. The van der Waals surface area contributed by atoms with Gasteiger partial charge in [0.2, 0.25) is 11.8 Å². The minimum absolute atomic E-state index is 0.00807. The molecule has 1 heterocycles. The van der Waals surface area contributed by atoms with E-state index >= 15 is 0 Å². The summed E-state index contributed by atoms with van der Waals surface area (Å²) >= 11 is 5.77. The molecule has 0 spiro atoms. The maximum Gasteiger partial charge on any atom is 0.243 e. The average molecular weight is 313 g/mol. The number of halogens is 2. The highest BCUT2D eigenvalue weighted by Gasteiger charge is 2.41.